The van der Waals surface area contributed by atoms with Gasteiger partial charge in [-0.25, -0.2) is 0 Å². The summed E-state index contributed by atoms with van der Waals surface area (Å²) in [6.07, 6.45) is 1.79. The summed E-state index contributed by atoms with van der Waals surface area (Å²) < 4.78 is 1.79. The fraction of sp³-hybridized carbons (Fsp3) is 0.778. The largest absolute Gasteiger partial charge is 0.271 e. The minimum absolute atomic E-state index is 0.118. The Kier molecular flexibility index (Phi) is 4.12. The van der Waals surface area contributed by atoms with Crippen LogP contribution < -0.4 is 11.3 Å². The maximum absolute atomic E-state index is 5.68. The van der Waals surface area contributed by atoms with Gasteiger partial charge in [0.2, 0.25) is 0 Å². The van der Waals surface area contributed by atoms with Crippen LogP contribution in [0.2, 0.25) is 0 Å². The molecule has 5 nitrogen and oxygen atoms in total. The molecule has 7 heteroatoms. The lowest BCUT2D eigenvalue weighted by molar-refractivity contribution is 0.488. The normalized spacial score (nSPS) is 27.9. The van der Waals surface area contributed by atoms with Crippen molar-refractivity contribution in [2.24, 2.45) is 12.9 Å². The van der Waals surface area contributed by atoms with E-state index in [1.165, 1.54) is 11.5 Å². The van der Waals surface area contributed by atoms with E-state index in [1.807, 2.05) is 30.6 Å². The van der Waals surface area contributed by atoms with E-state index in [9.17, 15) is 0 Å². The highest BCUT2D eigenvalue weighted by atomic mass is 32.2. The average Bonchev–Trinajstić information content (AvgIpc) is 2.69. The molecule has 3 atom stereocenters. The van der Waals surface area contributed by atoms with Crippen molar-refractivity contribution < 1.29 is 0 Å². The van der Waals surface area contributed by atoms with Crippen molar-refractivity contribution in [1.82, 2.24) is 20.4 Å². The Bertz CT molecular complexity index is 342. The van der Waals surface area contributed by atoms with Crippen molar-refractivity contribution in [2.75, 3.05) is 11.5 Å². The second kappa shape index (κ2) is 5.39. The number of nitrogens with one attached hydrogen (secondary N) is 1. The Labute approximate surface area is 104 Å². The van der Waals surface area contributed by atoms with Gasteiger partial charge in [0, 0.05) is 29.1 Å². The first-order valence-electron chi connectivity index (χ1n) is 5.28. The topological polar surface area (TPSA) is 68.8 Å². The first-order valence-corrected chi connectivity index (χ1v) is 7.37. The molecular weight excluding hydrogens is 242 g/mol. The molecule has 0 spiro atoms. The summed E-state index contributed by atoms with van der Waals surface area (Å²) in [6.45, 7) is 2.26. The molecule has 1 saturated heterocycles. The molecule has 0 aliphatic carbocycles. The molecule has 0 aromatic carbocycles. The van der Waals surface area contributed by atoms with Gasteiger partial charge in [0.1, 0.15) is 0 Å². The zero-order chi connectivity index (χ0) is 11.5. The van der Waals surface area contributed by atoms with E-state index in [-0.39, 0.29) is 6.04 Å². The van der Waals surface area contributed by atoms with Gasteiger partial charge in [0.25, 0.3) is 0 Å². The molecule has 1 fully saturated rings. The predicted molar refractivity (Wildman–Crippen MR) is 69.2 cm³/mol. The Balaban J connectivity index is 2.18. The fourth-order valence-corrected chi connectivity index (χ4v) is 4.86. The Hall–Kier alpha value is -0.240. The predicted octanol–water partition coefficient (Wildman–Crippen LogP) is 0.557. The minimum Gasteiger partial charge on any atom is -0.271 e. The highest BCUT2D eigenvalue weighted by Crippen LogP contribution is 2.37. The maximum Gasteiger partial charge on any atom is 0.0778 e. The molecule has 0 bridgehead atoms. The molecule has 16 heavy (non-hydrogen) atoms. The summed E-state index contributed by atoms with van der Waals surface area (Å²) in [5, 5.41) is 8.94. The van der Waals surface area contributed by atoms with Crippen molar-refractivity contribution in [3.8, 4) is 0 Å². The van der Waals surface area contributed by atoms with Crippen LogP contribution in [0.3, 0.4) is 0 Å². The average molecular weight is 259 g/mol. The van der Waals surface area contributed by atoms with Crippen molar-refractivity contribution >= 4 is 23.5 Å². The second-order valence-corrected chi connectivity index (χ2v) is 6.61. The molecule has 3 N–H and O–H groups in total. The third-order valence-corrected chi connectivity index (χ3v) is 6.01. The summed E-state index contributed by atoms with van der Waals surface area (Å²) in [6, 6.07) is 0.118. The molecule has 0 amide bonds. The highest BCUT2D eigenvalue weighted by molar-refractivity contribution is 8.07. The Morgan fingerprint density at radius 1 is 1.56 bits per heavy atom. The van der Waals surface area contributed by atoms with Crippen LogP contribution in [0.4, 0.5) is 0 Å². The molecule has 1 aromatic rings. The Morgan fingerprint density at radius 3 is 2.88 bits per heavy atom. The van der Waals surface area contributed by atoms with E-state index in [1.54, 1.807) is 10.9 Å². The smallest absolute Gasteiger partial charge is 0.0778 e. The maximum atomic E-state index is 5.68. The van der Waals surface area contributed by atoms with E-state index < -0.39 is 0 Å². The van der Waals surface area contributed by atoms with Crippen LogP contribution in [0.25, 0.3) is 0 Å². The van der Waals surface area contributed by atoms with Crippen LogP contribution in [-0.4, -0.2) is 37.0 Å². The number of hydrogen-bond acceptors (Lipinski definition) is 6. The highest BCUT2D eigenvalue weighted by Gasteiger charge is 2.32. The summed E-state index contributed by atoms with van der Waals surface area (Å²) in [5.74, 6) is 8.09. The summed E-state index contributed by atoms with van der Waals surface area (Å²) >= 11 is 3.99. The molecular formula is C9H17N5S2. The number of thioether (sulfide) groups is 2. The minimum atomic E-state index is 0.118. The molecule has 1 aliphatic rings. The summed E-state index contributed by atoms with van der Waals surface area (Å²) in [5.41, 5.74) is 3.96. The van der Waals surface area contributed by atoms with Crippen LogP contribution in [0.5, 0.6) is 0 Å². The first-order chi connectivity index (χ1) is 7.74. The second-order valence-electron chi connectivity index (χ2n) is 3.84. The van der Waals surface area contributed by atoms with Gasteiger partial charge in [-0.15, -0.1) is 5.10 Å². The summed E-state index contributed by atoms with van der Waals surface area (Å²) in [4.78, 5) is 0. The molecule has 1 aromatic heterocycles. The number of aromatic nitrogens is 3. The monoisotopic (exact) mass is 259 g/mol. The van der Waals surface area contributed by atoms with Crippen LogP contribution in [-0.2, 0) is 7.05 Å². The zero-order valence-corrected chi connectivity index (χ0v) is 11.1. The van der Waals surface area contributed by atoms with Crippen LogP contribution >= 0.6 is 23.5 Å². The van der Waals surface area contributed by atoms with E-state index in [0.29, 0.717) is 10.5 Å². The molecule has 1 aliphatic heterocycles. The molecule has 3 unspecified atom stereocenters. The molecule has 90 valence electrons. The van der Waals surface area contributed by atoms with Gasteiger partial charge in [-0.3, -0.25) is 16.0 Å². The van der Waals surface area contributed by atoms with E-state index in [4.69, 9.17) is 5.84 Å². The van der Waals surface area contributed by atoms with Gasteiger partial charge >= 0.3 is 0 Å². The first kappa shape index (κ1) is 12.2. The number of hydrogen-bond donors (Lipinski definition) is 2. The van der Waals surface area contributed by atoms with E-state index in [0.717, 1.165) is 5.69 Å². The van der Waals surface area contributed by atoms with Crippen molar-refractivity contribution in [2.45, 2.75) is 23.5 Å². The van der Waals surface area contributed by atoms with Crippen LogP contribution in [0.1, 0.15) is 18.7 Å². The molecule has 0 radical (unpaired) electrons. The standard InChI is InChI=1S/C9H17N5S2/c1-6-9(16-4-3-15-6)8(12-10)7-5-11-13-14(7)2/h5-6,8-9,12H,3-4,10H2,1-2H3. The number of nitrogens with two attached hydrogens (primary N) is 1. The van der Waals surface area contributed by atoms with Crippen molar-refractivity contribution in [3.63, 3.8) is 0 Å². The van der Waals surface area contributed by atoms with E-state index >= 15 is 0 Å². The third-order valence-electron chi connectivity index (χ3n) is 2.81. The lowest BCUT2D eigenvalue weighted by Gasteiger charge is -2.33. The van der Waals surface area contributed by atoms with Gasteiger partial charge in [-0.05, 0) is 0 Å². The number of aryl methyl sites for hydroxylation is 1. The van der Waals surface area contributed by atoms with Gasteiger partial charge in [-0.2, -0.15) is 23.5 Å². The molecule has 2 heterocycles. The molecule has 2 rings (SSSR count). The SMILES string of the molecule is CC1SCCSC1C(NN)c1cnnn1C. The van der Waals surface area contributed by atoms with Crippen molar-refractivity contribution in [1.29, 1.82) is 0 Å². The zero-order valence-electron chi connectivity index (χ0n) is 9.46. The van der Waals surface area contributed by atoms with E-state index in [2.05, 4.69) is 22.7 Å². The lowest BCUT2D eigenvalue weighted by atomic mass is 10.1. The van der Waals surface area contributed by atoms with Gasteiger partial charge < -0.3 is 0 Å². The third kappa shape index (κ3) is 2.37. The summed E-state index contributed by atoms with van der Waals surface area (Å²) in [7, 11) is 1.90. The van der Waals surface area contributed by atoms with Crippen molar-refractivity contribution in [3.05, 3.63) is 11.9 Å². The number of hydrazine groups is 1. The van der Waals surface area contributed by atoms with Gasteiger partial charge in [-0.1, -0.05) is 12.1 Å². The fourth-order valence-electron chi connectivity index (χ4n) is 1.94. The van der Waals surface area contributed by atoms with Crippen LogP contribution in [0, 0.1) is 0 Å². The number of rotatable bonds is 3. The Morgan fingerprint density at radius 2 is 2.31 bits per heavy atom. The quantitative estimate of drug-likeness (QED) is 0.610. The number of nitrogens with zero attached hydrogens (tertiary/aromatic N) is 3. The van der Waals surface area contributed by atoms with Gasteiger partial charge in [0.15, 0.2) is 0 Å². The molecule has 0 saturated carbocycles. The van der Waals surface area contributed by atoms with Gasteiger partial charge in [0.05, 0.1) is 17.9 Å². The lowest BCUT2D eigenvalue weighted by Crippen LogP contribution is -2.41. The van der Waals surface area contributed by atoms with Crippen LogP contribution in [0.15, 0.2) is 6.20 Å².